The van der Waals surface area contributed by atoms with Gasteiger partial charge in [-0.05, 0) is 36.2 Å². The summed E-state index contributed by atoms with van der Waals surface area (Å²) in [5.41, 5.74) is 1.11. The Balaban J connectivity index is 1.53. The Morgan fingerprint density at radius 1 is 0.821 bits per heavy atom. The number of Topliss-reactive ketones (excluding diaryl/α,β-unsaturated/α-hetero) is 1. The third-order valence-electron chi connectivity index (χ3n) is 7.58. The highest BCUT2D eigenvalue weighted by Crippen LogP contribution is 2.40. The molecule has 1 unspecified atom stereocenters. The van der Waals surface area contributed by atoms with E-state index < -0.39 is 23.5 Å². The molecule has 0 aromatic heterocycles. The number of halogens is 2. The first-order chi connectivity index (χ1) is 18.9. The zero-order valence-electron chi connectivity index (χ0n) is 23.3. The predicted molar refractivity (Wildman–Crippen MR) is 160 cm³/mol. The molecule has 1 saturated heterocycles. The number of unbranched alkanes of at least 4 members (excludes halogenated alkanes) is 13. The van der Waals surface area contributed by atoms with Crippen LogP contribution in [0.3, 0.4) is 0 Å². The Morgan fingerprint density at radius 3 is 1.90 bits per heavy atom. The number of ketones is 1. The van der Waals surface area contributed by atoms with Crippen molar-refractivity contribution in [3.63, 3.8) is 0 Å². The van der Waals surface area contributed by atoms with Gasteiger partial charge < -0.3 is 10.0 Å². The van der Waals surface area contributed by atoms with Crippen LogP contribution in [0.5, 0.6) is 0 Å². The number of carbonyl (C=O) groups excluding carboxylic acids is 2. The van der Waals surface area contributed by atoms with Crippen LogP contribution in [0.15, 0.2) is 58.6 Å². The van der Waals surface area contributed by atoms with Crippen LogP contribution in [0, 0.1) is 5.82 Å². The minimum atomic E-state index is -0.744. The summed E-state index contributed by atoms with van der Waals surface area (Å²) in [6.07, 6.45) is 17.3. The Bertz CT molecular complexity index is 1100. The van der Waals surface area contributed by atoms with Crippen LogP contribution in [0.2, 0.25) is 0 Å². The van der Waals surface area contributed by atoms with Crippen molar-refractivity contribution in [2.24, 2.45) is 0 Å². The van der Waals surface area contributed by atoms with Crippen molar-refractivity contribution in [3.05, 3.63) is 75.5 Å². The van der Waals surface area contributed by atoms with Gasteiger partial charge in [0, 0.05) is 16.6 Å². The van der Waals surface area contributed by atoms with E-state index in [2.05, 4.69) is 22.9 Å². The molecule has 0 bridgehead atoms. The lowest BCUT2D eigenvalue weighted by molar-refractivity contribution is -0.139. The minimum absolute atomic E-state index is 0.0510. The molecule has 1 fully saturated rings. The molecule has 1 N–H and O–H groups in total. The second kappa shape index (κ2) is 16.6. The average Bonchev–Trinajstić information content (AvgIpc) is 3.18. The van der Waals surface area contributed by atoms with Crippen LogP contribution in [-0.2, 0) is 9.59 Å². The quantitative estimate of drug-likeness (QED) is 0.0852. The number of benzene rings is 2. The summed E-state index contributed by atoms with van der Waals surface area (Å²) in [6, 6.07) is 12.0. The lowest BCUT2D eigenvalue weighted by atomic mass is 9.95. The van der Waals surface area contributed by atoms with Crippen LogP contribution in [-0.4, -0.2) is 28.2 Å². The van der Waals surface area contributed by atoms with Gasteiger partial charge in [0.15, 0.2) is 0 Å². The second-order valence-corrected chi connectivity index (χ2v) is 11.6. The summed E-state index contributed by atoms with van der Waals surface area (Å²) < 4.78 is 14.4. The van der Waals surface area contributed by atoms with E-state index in [1.165, 1.54) is 82.8 Å². The number of aliphatic hydroxyl groups excluding tert-OH is 1. The molecule has 0 saturated carbocycles. The number of amides is 1. The SMILES string of the molecule is CCCCCCCCCCCCCCCCN1C(=O)C(=O)/C(=C(\O)c2cccc(Br)c2)C1c1ccc(F)cc1. The van der Waals surface area contributed by atoms with Crippen molar-refractivity contribution in [2.45, 2.75) is 103 Å². The first-order valence-corrected chi connectivity index (χ1v) is 15.5. The van der Waals surface area contributed by atoms with E-state index >= 15 is 0 Å². The van der Waals surface area contributed by atoms with Crippen molar-refractivity contribution >= 4 is 33.4 Å². The normalized spacial score (nSPS) is 16.8. The summed E-state index contributed by atoms with van der Waals surface area (Å²) in [4.78, 5) is 27.7. The fourth-order valence-corrected chi connectivity index (χ4v) is 5.77. The fourth-order valence-electron chi connectivity index (χ4n) is 5.37. The lowest BCUT2D eigenvalue weighted by Gasteiger charge is -2.25. The van der Waals surface area contributed by atoms with Gasteiger partial charge >= 0.3 is 0 Å². The molecule has 6 heteroatoms. The topological polar surface area (TPSA) is 57.6 Å². The van der Waals surface area contributed by atoms with Crippen molar-refractivity contribution in [1.82, 2.24) is 4.90 Å². The fraction of sp³-hybridized carbons (Fsp3) is 0.515. The van der Waals surface area contributed by atoms with Crippen LogP contribution in [0.4, 0.5) is 4.39 Å². The molecule has 4 nitrogen and oxygen atoms in total. The van der Waals surface area contributed by atoms with E-state index in [0.29, 0.717) is 17.7 Å². The lowest BCUT2D eigenvalue weighted by Crippen LogP contribution is -2.30. The van der Waals surface area contributed by atoms with Gasteiger partial charge in [0.05, 0.1) is 11.6 Å². The van der Waals surface area contributed by atoms with Crippen molar-refractivity contribution in [1.29, 1.82) is 0 Å². The van der Waals surface area contributed by atoms with Crippen LogP contribution in [0.1, 0.15) is 114 Å². The van der Waals surface area contributed by atoms with E-state index in [0.717, 1.165) is 23.7 Å². The molecule has 3 rings (SSSR count). The molecule has 2 aromatic carbocycles. The highest BCUT2D eigenvalue weighted by molar-refractivity contribution is 9.10. The molecule has 2 aromatic rings. The zero-order chi connectivity index (χ0) is 28.0. The van der Waals surface area contributed by atoms with Crippen LogP contribution < -0.4 is 0 Å². The third-order valence-corrected chi connectivity index (χ3v) is 8.07. The van der Waals surface area contributed by atoms with Crippen molar-refractivity contribution < 1.29 is 19.1 Å². The maximum Gasteiger partial charge on any atom is 0.295 e. The van der Waals surface area contributed by atoms with Gasteiger partial charge in [0.1, 0.15) is 11.6 Å². The number of hydrogen-bond donors (Lipinski definition) is 1. The minimum Gasteiger partial charge on any atom is -0.507 e. The maximum absolute atomic E-state index is 13.7. The Morgan fingerprint density at radius 2 is 1.36 bits per heavy atom. The van der Waals surface area contributed by atoms with E-state index in [9.17, 15) is 19.1 Å². The molecule has 0 aliphatic carbocycles. The molecule has 1 atom stereocenters. The summed E-state index contributed by atoms with van der Waals surface area (Å²) in [5.74, 6) is -1.93. The Labute approximate surface area is 241 Å². The first-order valence-electron chi connectivity index (χ1n) is 14.7. The molecule has 0 radical (unpaired) electrons. The van der Waals surface area contributed by atoms with E-state index in [1.807, 2.05) is 6.07 Å². The molecule has 1 heterocycles. The number of likely N-dealkylation sites (tertiary alicyclic amines) is 1. The van der Waals surface area contributed by atoms with E-state index in [-0.39, 0.29) is 11.3 Å². The zero-order valence-corrected chi connectivity index (χ0v) is 24.9. The molecule has 1 aliphatic heterocycles. The molecular weight excluding hydrogens is 557 g/mol. The highest BCUT2D eigenvalue weighted by Gasteiger charge is 2.45. The number of aliphatic hydroxyl groups is 1. The first kappa shape index (κ1) is 31.1. The molecule has 1 aliphatic rings. The largest absolute Gasteiger partial charge is 0.507 e. The summed E-state index contributed by atoms with van der Waals surface area (Å²) in [6.45, 7) is 2.67. The average molecular weight is 601 g/mol. The summed E-state index contributed by atoms with van der Waals surface area (Å²) >= 11 is 3.39. The van der Waals surface area contributed by atoms with Crippen LogP contribution in [0.25, 0.3) is 5.76 Å². The van der Waals surface area contributed by atoms with E-state index in [1.54, 1.807) is 35.2 Å². The Hall–Kier alpha value is -2.47. The number of hydrogen-bond acceptors (Lipinski definition) is 3. The smallest absolute Gasteiger partial charge is 0.295 e. The van der Waals surface area contributed by atoms with E-state index in [4.69, 9.17) is 0 Å². The predicted octanol–water partition coefficient (Wildman–Crippen LogP) is 9.49. The highest BCUT2D eigenvalue weighted by atomic mass is 79.9. The monoisotopic (exact) mass is 599 g/mol. The standard InChI is InChI=1S/C33H43BrFNO3/c1-2-3-4-5-6-7-8-9-10-11-12-13-14-15-23-36-30(25-19-21-28(35)22-20-25)29(32(38)33(36)39)31(37)26-17-16-18-27(34)24-26/h16-22,24,30,37H,2-15,23H2,1H3/b31-29-. The van der Waals surface area contributed by atoms with Gasteiger partial charge in [-0.3, -0.25) is 9.59 Å². The third kappa shape index (κ3) is 9.30. The second-order valence-electron chi connectivity index (χ2n) is 10.7. The van der Waals surface area contributed by atoms with Crippen molar-refractivity contribution in [3.8, 4) is 0 Å². The Kier molecular flexibility index (Phi) is 13.2. The van der Waals surface area contributed by atoms with Gasteiger partial charge in [-0.2, -0.15) is 0 Å². The van der Waals surface area contributed by atoms with Gasteiger partial charge in [0.25, 0.3) is 11.7 Å². The maximum atomic E-state index is 13.7. The summed E-state index contributed by atoms with van der Waals surface area (Å²) in [5, 5.41) is 11.1. The molecule has 1 amide bonds. The number of carbonyl (C=O) groups is 2. The van der Waals surface area contributed by atoms with Crippen molar-refractivity contribution in [2.75, 3.05) is 6.54 Å². The van der Waals surface area contributed by atoms with Gasteiger partial charge in [-0.1, -0.05) is 131 Å². The number of rotatable bonds is 17. The van der Waals surface area contributed by atoms with Gasteiger partial charge in [-0.15, -0.1) is 0 Å². The molecule has 39 heavy (non-hydrogen) atoms. The number of nitrogens with zero attached hydrogens (tertiary/aromatic N) is 1. The van der Waals surface area contributed by atoms with Gasteiger partial charge in [-0.25, -0.2) is 4.39 Å². The molecule has 212 valence electrons. The molecule has 0 spiro atoms. The van der Waals surface area contributed by atoms with Gasteiger partial charge in [0.2, 0.25) is 0 Å². The van der Waals surface area contributed by atoms with Crippen LogP contribution >= 0.6 is 15.9 Å². The summed E-state index contributed by atoms with van der Waals surface area (Å²) in [7, 11) is 0. The molecular formula is C33H43BrFNO3.